The van der Waals surface area contributed by atoms with Crippen LogP contribution in [-0.4, -0.2) is 27.9 Å². The van der Waals surface area contributed by atoms with Crippen molar-refractivity contribution in [3.8, 4) is 22.6 Å². The molecular formula is C24H21N5O2. The summed E-state index contributed by atoms with van der Waals surface area (Å²) in [7, 11) is 1.83. The van der Waals surface area contributed by atoms with Gasteiger partial charge in [-0.1, -0.05) is 12.1 Å². The molecule has 0 radical (unpaired) electrons. The lowest BCUT2D eigenvalue weighted by molar-refractivity contribution is -0.117. The molecule has 7 heteroatoms. The fourth-order valence-electron chi connectivity index (χ4n) is 3.45. The molecule has 0 bridgehead atoms. The molecule has 4 aromatic rings. The lowest BCUT2D eigenvalue weighted by Gasteiger charge is -2.13. The molecule has 1 saturated carbocycles. The van der Waals surface area contributed by atoms with E-state index in [9.17, 15) is 4.79 Å². The predicted octanol–water partition coefficient (Wildman–Crippen LogP) is 4.87. The zero-order valence-corrected chi connectivity index (χ0v) is 17.0. The molecule has 0 unspecified atom stereocenters. The van der Waals surface area contributed by atoms with Crippen molar-refractivity contribution in [1.82, 2.24) is 15.0 Å². The van der Waals surface area contributed by atoms with E-state index in [0.29, 0.717) is 5.82 Å². The van der Waals surface area contributed by atoms with Crippen LogP contribution in [0, 0.1) is 5.92 Å². The minimum atomic E-state index is 0.0360. The van der Waals surface area contributed by atoms with E-state index < -0.39 is 0 Å². The molecule has 0 aliphatic heterocycles. The number of benzene rings is 1. The van der Waals surface area contributed by atoms with E-state index in [1.165, 1.54) is 0 Å². The molecule has 31 heavy (non-hydrogen) atoms. The maximum atomic E-state index is 12.2. The van der Waals surface area contributed by atoms with Gasteiger partial charge in [-0.2, -0.15) is 0 Å². The van der Waals surface area contributed by atoms with E-state index in [0.717, 1.165) is 52.1 Å². The van der Waals surface area contributed by atoms with Crippen LogP contribution in [0.5, 0.6) is 11.5 Å². The Bertz CT molecular complexity index is 1240. The van der Waals surface area contributed by atoms with Crippen LogP contribution in [0.4, 0.5) is 11.6 Å². The summed E-state index contributed by atoms with van der Waals surface area (Å²) in [6.07, 6.45) is 8.87. The first-order valence-corrected chi connectivity index (χ1v) is 10.2. The fraction of sp³-hybridized carbons (Fsp3) is 0.167. The van der Waals surface area contributed by atoms with Crippen molar-refractivity contribution in [2.75, 3.05) is 17.7 Å². The molecule has 3 heterocycles. The quantitative estimate of drug-likeness (QED) is 0.470. The summed E-state index contributed by atoms with van der Waals surface area (Å²) in [5.74, 6) is 2.91. The van der Waals surface area contributed by atoms with E-state index in [-0.39, 0.29) is 11.8 Å². The van der Waals surface area contributed by atoms with Gasteiger partial charge in [0.15, 0.2) is 0 Å². The lowest BCUT2D eigenvalue weighted by atomic mass is 10.0. The molecule has 0 atom stereocenters. The summed E-state index contributed by atoms with van der Waals surface area (Å²) >= 11 is 0. The van der Waals surface area contributed by atoms with E-state index in [4.69, 9.17) is 4.74 Å². The van der Waals surface area contributed by atoms with Crippen molar-refractivity contribution in [2.24, 2.45) is 5.92 Å². The Balaban J connectivity index is 1.49. The average molecular weight is 411 g/mol. The van der Waals surface area contributed by atoms with Gasteiger partial charge in [-0.05, 0) is 54.1 Å². The number of amides is 1. The van der Waals surface area contributed by atoms with Gasteiger partial charge in [0.1, 0.15) is 23.1 Å². The molecule has 2 N–H and O–H groups in total. The van der Waals surface area contributed by atoms with E-state index in [1.54, 1.807) is 18.6 Å². The number of rotatable bonds is 6. The minimum Gasteiger partial charge on any atom is -0.457 e. The van der Waals surface area contributed by atoms with Crippen molar-refractivity contribution in [1.29, 1.82) is 0 Å². The number of carbonyl (C=O) groups excluding carboxylic acids is 1. The zero-order valence-electron chi connectivity index (χ0n) is 17.0. The molecule has 0 spiro atoms. The fourth-order valence-corrected chi connectivity index (χ4v) is 3.45. The van der Waals surface area contributed by atoms with Crippen LogP contribution in [0.3, 0.4) is 0 Å². The van der Waals surface area contributed by atoms with Crippen LogP contribution >= 0.6 is 0 Å². The number of nitrogens with one attached hydrogen (secondary N) is 2. The number of ether oxygens (including phenoxy) is 1. The molecule has 154 valence electrons. The van der Waals surface area contributed by atoms with E-state index in [2.05, 4.69) is 25.6 Å². The van der Waals surface area contributed by atoms with Crippen molar-refractivity contribution >= 4 is 28.3 Å². The Morgan fingerprint density at radius 3 is 2.42 bits per heavy atom. The van der Waals surface area contributed by atoms with Gasteiger partial charge in [-0.3, -0.25) is 9.78 Å². The number of aromatic nitrogens is 3. The van der Waals surface area contributed by atoms with Gasteiger partial charge in [0.05, 0.1) is 0 Å². The van der Waals surface area contributed by atoms with Crippen LogP contribution < -0.4 is 15.4 Å². The summed E-state index contributed by atoms with van der Waals surface area (Å²) in [6.45, 7) is 0. The lowest BCUT2D eigenvalue weighted by Crippen LogP contribution is -2.14. The highest BCUT2D eigenvalue weighted by Crippen LogP contribution is 2.35. The molecule has 0 saturated heterocycles. The minimum absolute atomic E-state index is 0.0360. The van der Waals surface area contributed by atoms with Crippen LogP contribution in [0.1, 0.15) is 12.8 Å². The van der Waals surface area contributed by atoms with E-state index >= 15 is 0 Å². The molecule has 1 amide bonds. The Morgan fingerprint density at radius 2 is 1.71 bits per heavy atom. The van der Waals surface area contributed by atoms with Crippen molar-refractivity contribution < 1.29 is 9.53 Å². The third-order valence-corrected chi connectivity index (χ3v) is 5.26. The normalized spacial score (nSPS) is 13.1. The summed E-state index contributed by atoms with van der Waals surface area (Å²) in [6, 6.07) is 13.4. The van der Waals surface area contributed by atoms with Gasteiger partial charge in [0.25, 0.3) is 0 Å². The molecule has 1 aliphatic rings. The van der Waals surface area contributed by atoms with Crippen molar-refractivity contribution in [2.45, 2.75) is 12.8 Å². The molecular weight excluding hydrogens is 390 g/mol. The summed E-state index contributed by atoms with van der Waals surface area (Å²) in [4.78, 5) is 25.1. The van der Waals surface area contributed by atoms with E-state index in [1.807, 2.05) is 55.7 Å². The average Bonchev–Trinajstić information content (AvgIpc) is 3.65. The molecule has 5 rings (SSSR count). The second-order valence-electron chi connectivity index (χ2n) is 7.46. The zero-order chi connectivity index (χ0) is 21.2. The molecule has 1 fully saturated rings. The smallest absolute Gasteiger partial charge is 0.228 e. The second-order valence-corrected chi connectivity index (χ2v) is 7.46. The first kappa shape index (κ1) is 19.0. The molecule has 1 aliphatic carbocycles. The Labute approximate surface area is 179 Å². The van der Waals surface area contributed by atoms with Gasteiger partial charge in [0.2, 0.25) is 5.91 Å². The summed E-state index contributed by atoms with van der Waals surface area (Å²) in [5.41, 5.74) is 1.95. The maximum absolute atomic E-state index is 12.2. The standard InChI is InChI=1S/C24H21N5O2/c1-25-23-21-14-27-22(29-24(30)16-2-3-16)12-19(21)20(13-28-23)15-4-6-17(7-5-15)31-18-8-10-26-11-9-18/h4-14,16H,2-3H2,1H3,(H,25,28)(H,27,29,30). The highest BCUT2D eigenvalue weighted by Gasteiger charge is 2.29. The number of hydrogen-bond donors (Lipinski definition) is 2. The molecule has 7 nitrogen and oxygen atoms in total. The Hall–Kier alpha value is -4.00. The third-order valence-electron chi connectivity index (χ3n) is 5.26. The highest BCUT2D eigenvalue weighted by atomic mass is 16.5. The monoisotopic (exact) mass is 411 g/mol. The SMILES string of the molecule is CNc1ncc(-c2ccc(Oc3ccncc3)cc2)c2cc(NC(=O)C3CC3)ncc12. The number of fused-ring (bicyclic) bond motifs is 1. The number of pyridine rings is 3. The van der Waals surface area contributed by atoms with Crippen LogP contribution in [0.15, 0.2) is 67.3 Å². The van der Waals surface area contributed by atoms with Crippen LogP contribution in [0.2, 0.25) is 0 Å². The predicted molar refractivity (Wildman–Crippen MR) is 120 cm³/mol. The summed E-state index contributed by atoms with van der Waals surface area (Å²) < 4.78 is 5.86. The third kappa shape index (κ3) is 4.02. The Morgan fingerprint density at radius 1 is 0.968 bits per heavy atom. The number of anilines is 2. The van der Waals surface area contributed by atoms with Gasteiger partial charge in [-0.15, -0.1) is 0 Å². The first-order chi connectivity index (χ1) is 15.2. The maximum Gasteiger partial charge on any atom is 0.228 e. The van der Waals surface area contributed by atoms with Gasteiger partial charge in [0, 0.05) is 48.7 Å². The van der Waals surface area contributed by atoms with Gasteiger partial charge >= 0.3 is 0 Å². The molecule has 1 aromatic carbocycles. The van der Waals surface area contributed by atoms with Crippen molar-refractivity contribution in [3.05, 3.63) is 67.3 Å². The largest absolute Gasteiger partial charge is 0.457 e. The Kier molecular flexibility index (Phi) is 4.92. The van der Waals surface area contributed by atoms with Crippen LogP contribution in [0.25, 0.3) is 21.9 Å². The van der Waals surface area contributed by atoms with Gasteiger partial charge in [-0.25, -0.2) is 9.97 Å². The van der Waals surface area contributed by atoms with Gasteiger partial charge < -0.3 is 15.4 Å². The molecule has 3 aromatic heterocycles. The second kappa shape index (κ2) is 8.02. The topological polar surface area (TPSA) is 89.0 Å². The van der Waals surface area contributed by atoms with Crippen molar-refractivity contribution in [3.63, 3.8) is 0 Å². The summed E-state index contributed by atoms with van der Waals surface area (Å²) in [5, 5.41) is 7.89. The number of nitrogens with zero attached hydrogens (tertiary/aromatic N) is 3. The first-order valence-electron chi connectivity index (χ1n) is 10.2. The highest BCUT2D eigenvalue weighted by molar-refractivity contribution is 6.03. The number of hydrogen-bond acceptors (Lipinski definition) is 6. The number of carbonyl (C=O) groups is 1. The van der Waals surface area contributed by atoms with Crippen LogP contribution in [-0.2, 0) is 4.79 Å².